The fourth-order valence-electron chi connectivity index (χ4n) is 5.36. The van der Waals surface area contributed by atoms with E-state index in [9.17, 15) is 9.90 Å². The van der Waals surface area contributed by atoms with Gasteiger partial charge in [-0.3, -0.25) is 0 Å². The Morgan fingerprint density at radius 2 is 2.00 bits per heavy atom. The van der Waals surface area contributed by atoms with Crippen LogP contribution >= 0.6 is 0 Å². The summed E-state index contributed by atoms with van der Waals surface area (Å²) >= 11 is 0. The minimum atomic E-state index is -0.999. The number of aromatic nitrogens is 3. The summed E-state index contributed by atoms with van der Waals surface area (Å²) in [5, 5.41) is 10.7. The molecule has 1 aliphatic carbocycles. The van der Waals surface area contributed by atoms with E-state index in [1.54, 1.807) is 19.2 Å². The molecule has 1 saturated carbocycles. The van der Waals surface area contributed by atoms with Crippen molar-refractivity contribution >= 4 is 33.6 Å². The number of aromatic carboxylic acids is 1. The van der Waals surface area contributed by atoms with Crippen molar-refractivity contribution in [3.63, 3.8) is 0 Å². The number of benzene rings is 2. The number of rotatable bonds is 4. The number of fused-ring (bicyclic) bond motifs is 1. The molecule has 0 unspecified atom stereocenters. The number of imidazole rings is 1. The minimum absolute atomic E-state index is 0.164. The van der Waals surface area contributed by atoms with E-state index in [4.69, 9.17) is 15.5 Å². The molecule has 0 amide bonds. The monoisotopic (exact) mass is 431 g/mol. The molecule has 2 aromatic heterocycles. The summed E-state index contributed by atoms with van der Waals surface area (Å²) in [5.74, 6) is 0.299. The van der Waals surface area contributed by atoms with Gasteiger partial charge in [0.15, 0.2) is 5.82 Å². The Bertz CT molecular complexity index is 1400. The Hall–Kier alpha value is -3.52. The van der Waals surface area contributed by atoms with Gasteiger partial charge in [-0.1, -0.05) is 12.1 Å². The normalized spacial score (nSPS) is 20.0. The summed E-state index contributed by atoms with van der Waals surface area (Å²) in [6, 6.07) is 12.6. The number of carboxylic acids is 1. The maximum atomic E-state index is 11.6. The van der Waals surface area contributed by atoms with Crippen LogP contribution in [0, 0.1) is 0 Å². The summed E-state index contributed by atoms with van der Waals surface area (Å²) in [6.07, 6.45) is 2.08. The standard InChI is InChI=1S/C24H25N5O3/c1-27-22-17(8-14(24(30)31)10-20(22)32-2)26-23(27)19-9-13-4-3-5-18-21(13)29(19)7-6-28(18)16-11-15(25)12-16/h3-5,8-10,15-16H,6-7,11-12,25H2,1-2H3,(H,30,31). The van der Waals surface area contributed by atoms with Crippen molar-refractivity contribution in [1.82, 2.24) is 14.1 Å². The number of carbonyl (C=O) groups is 1. The summed E-state index contributed by atoms with van der Waals surface area (Å²) in [6.45, 7) is 1.80. The van der Waals surface area contributed by atoms with Crippen LogP contribution in [-0.2, 0) is 13.6 Å². The van der Waals surface area contributed by atoms with Crippen LogP contribution in [0.5, 0.6) is 5.75 Å². The second-order valence-corrected chi connectivity index (χ2v) is 8.82. The number of aryl methyl sites for hydroxylation is 1. The maximum absolute atomic E-state index is 11.6. The molecule has 8 nitrogen and oxygen atoms in total. The number of hydrogen-bond donors (Lipinski definition) is 2. The Morgan fingerprint density at radius 1 is 1.19 bits per heavy atom. The second-order valence-electron chi connectivity index (χ2n) is 8.82. The first-order chi connectivity index (χ1) is 15.5. The predicted octanol–water partition coefficient (Wildman–Crippen LogP) is 3.21. The molecule has 1 fully saturated rings. The van der Waals surface area contributed by atoms with Gasteiger partial charge in [-0.25, -0.2) is 9.78 Å². The van der Waals surface area contributed by atoms with Gasteiger partial charge in [0.2, 0.25) is 0 Å². The maximum Gasteiger partial charge on any atom is 0.335 e. The number of anilines is 1. The van der Waals surface area contributed by atoms with Gasteiger partial charge < -0.3 is 29.6 Å². The van der Waals surface area contributed by atoms with Crippen LogP contribution in [0.4, 0.5) is 5.69 Å². The zero-order chi connectivity index (χ0) is 22.1. The van der Waals surface area contributed by atoms with Crippen LogP contribution in [-0.4, -0.2) is 50.9 Å². The molecule has 1 aliphatic heterocycles. The van der Waals surface area contributed by atoms with Gasteiger partial charge in [0.1, 0.15) is 11.3 Å². The Labute approximate surface area is 184 Å². The number of methoxy groups -OCH3 is 1. The van der Waals surface area contributed by atoms with Crippen molar-refractivity contribution in [1.29, 1.82) is 0 Å². The Balaban J connectivity index is 1.54. The van der Waals surface area contributed by atoms with Crippen molar-refractivity contribution < 1.29 is 14.6 Å². The molecule has 164 valence electrons. The highest BCUT2D eigenvalue weighted by Gasteiger charge is 2.35. The summed E-state index contributed by atoms with van der Waals surface area (Å²) in [5.41, 5.74) is 11.1. The van der Waals surface area contributed by atoms with E-state index in [2.05, 4.69) is 33.7 Å². The first-order valence-corrected chi connectivity index (χ1v) is 10.9. The molecule has 6 rings (SSSR count). The number of ether oxygens (including phenoxy) is 1. The molecular formula is C24H25N5O3. The van der Waals surface area contributed by atoms with Crippen LogP contribution in [0.2, 0.25) is 0 Å². The van der Waals surface area contributed by atoms with Gasteiger partial charge in [-0.2, -0.15) is 0 Å². The van der Waals surface area contributed by atoms with Crippen LogP contribution in [0.15, 0.2) is 36.4 Å². The molecule has 0 bridgehead atoms. The summed E-state index contributed by atoms with van der Waals surface area (Å²) < 4.78 is 9.85. The molecule has 0 spiro atoms. The second kappa shape index (κ2) is 6.74. The van der Waals surface area contributed by atoms with Crippen LogP contribution in [0.1, 0.15) is 23.2 Å². The van der Waals surface area contributed by atoms with Gasteiger partial charge >= 0.3 is 5.97 Å². The quantitative estimate of drug-likeness (QED) is 0.515. The van der Waals surface area contributed by atoms with Gasteiger partial charge in [-0.05, 0) is 37.1 Å². The number of hydrogen-bond acceptors (Lipinski definition) is 5. The highest BCUT2D eigenvalue weighted by Crippen LogP contribution is 2.41. The average Bonchev–Trinajstić information content (AvgIpc) is 3.30. The Morgan fingerprint density at radius 3 is 2.72 bits per heavy atom. The molecule has 0 saturated heterocycles. The molecule has 2 aliphatic rings. The number of para-hydroxylation sites is 1. The molecule has 2 aromatic carbocycles. The molecule has 0 radical (unpaired) electrons. The van der Waals surface area contributed by atoms with Crippen LogP contribution in [0.3, 0.4) is 0 Å². The largest absolute Gasteiger partial charge is 0.494 e. The molecule has 32 heavy (non-hydrogen) atoms. The first kappa shape index (κ1) is 19.2. The lowest BCUT2D eigenvalue weighted by molar-refractivity contribution is 0.0696. The fourth-order valence-corrected chi connectivity index (χ4v) is 5.36. The van der Waals surface area contributed by atoms with Crippen molar-refractivity contribution in [3.8, 4) is 17.3 Å². The number of carboxylic acid groups (broad SMARTS) is 1. The SMILES string of the molecule is COc1cc(C(=O)O)cc2nc(-c3cc4cccc5c4n3CCN5C3CC(N)C3)n(C)c12. The predicted molar refractivity (Wildman–Crippen MR) is 124 cm³/mol. The zero-order valence-corrected chi connectivity index (χ0v) is 18.1. The van der Waals surface area contributed by atoms with E-state index in [-0.39, 0.29) is 5.56 Å². The number of nitrogens with two attached hydrogens (primary N) is 1. The lowest BCUT2D eigenvalue weighted by Gasteiger charge is -2.45. The fraction of sp³-hybridized carbons (Fsp3) is 0.333. The molecule has 8 heteroatoms. The topological polar surface area (TPSA) is 98.5 Å². The van der Waals surface area contributed by atoms with E-state index in [1.807, 2.05) is 11.6 Å². The summed E-state index contributed by atoms with van der Waals surface area (Å²) in [7, 11) is 3.50. The van der Waals surface area contributed by atoms with E-state index in [1.165, 1.54) is 16.6 Å². The first-order valence-electron chi connectivity index (χ1n) is 10.9. The molecule has 3 N–H and O–H groups in total. The van der Waals surface area contributed by atoms with E-state index >= 15 is 0 Å². The smallest absolute Gasteiger partial charge is 0.335 e. The van der Waals surface area contributed by atoms with Gasteiger partial charge in [-0.15, -0.1) is 0 Å². The lowest BCUT2D eigenvalue weighted by atomic mass is 9.85. The van der Waals surface area contributed by atoms with E-state index in [0.717, 1.165) is 43.0 Å². The molecule has 0 atom stereocenters. The minimum Gasteiger partial charge on any atom is -0.494 e. The third-order valence-corrected chi connectivity index (χ3v) is 6.99. The third kappa shape index (κ3) is 2.59. The van der Waals surface area contributed by atoms with E-state index < -0.39 is 5.97 Å². The molecular weight excluding hydrogens is 406 g/mol. The third-order valence-electron chi connectivity index (χ3n) is 6.99. The van der Waals surface area contributed by atoms with Crippen LogP contribution in [0.25, 0.3) is 33.5 Å². The zero-order valence-electron chi connectivity index (χ0n) is 18.1. The highest BCUT2D eigenvalue weighted by atomic mass is 16.5. The highest BCUT2D eigenvalue weighted by molar-refractivity contribution is 5.99. The van der Waals surface area contributed by atoms with E-state index in [0.29, 0.717) is 23.3 Å². The van der Waals surface area contributed by atoms with Crippen molar-refractivity contribution in [2.75, 3.05) is 18.6 Å². The number of nitrogens with zero attached hydrogens (tertiary/aromatic N) is 4. The average molecular weight is 431 g/mol. The van der Waals surface area contributed by atoms with Gasteiger partial charge in [0.25, 0.3) is 0 Å². The lowest BCUT2D eigenvalue weighted by Crippen LogP contribution is -2.52. The van der Waals surface area contributed by atoms with Gasteiger partial charge in [0, 0.05) is 37.6 Å². The molecule has 4 aromatic rings. The Kier molecular flexibility index (Phi) is 4.04. The van der Waals surface area contributed by atoms with Gasteiger partial charge in [0.05, 0.1) is 35.1 Å². The van der Waals surface area contributed by atoms with Crippen LogP contribution < -0.4 is 15.4 Å². The summed E-state index contributed by atoms with van der Waals surface area (Å²) in [4.78, 5) is 18.9. The van der Waals surface area contributed by atoms with Crippen molar-refractivity contribution in [3.05, 3.63) is 42.0 Å². The van der Waals surface area contributed by atoms with Crippen molar-refractivity contribution in [2.24, 2.45) is 12.8 Å². The van der Waals surface area contributed by atoms with Crippen molar-refractivity contribution in [2.45, 2.75) is 31.5 Å². The molecule has 3 heterocycles.